The Labute approximate surface area is 120 Å². The number of aryl methyl sites for hydroxylation is 2. The Morgan fingerprint density at radius 1 is 1.24 bits per heavy atom. The molecule has 0 bridgehead atoms. The molecule has 1 unspecified atom stereocenters. The van der Waals surface area contributed by atoms with Crippen LogP contribution in [0.25, 0.3) is 0 Å². The lowest BCUT2D eigenvalue weighted by molar-refractivity contribution is 0.690. The van der Waals surface area contributed by atoms with Gasteiger partial charge in [-0.25, -0.2) is 0 Å². The zero-order chi connectivity index (χ0) is 12.4. The molecule has 0 saturated heterocycles. The second-order valence-corrected chi connectivity index (χ2v) is 6.85. The third kappa shape index (κ3) is 2.89. The van der Waals surface area contributed by atoms with E-state index in [-0.39, 0.29) is 0 Å². The topological polar surface area (TPSA) is 12.0 Å². The van der Waals surface area contributed by atoms with E-state index in [1.807, 2.05) is 18.4 Å². The summed E-state index contributed by atoms with van der Waals surface area (Å²) in [7, 11) is 2.02. The molecule has 0 spiro atoms. The second kappa shape index (κ2) is 5.50. The van der Waals surface area contributed by atoms with Crippen LogP contribution >= 0.6 is 33.9 Å². The summed E-state index contributed by atoms with van der Waals surface area (Å²) in [5, 5.41) is 3.42. The predicted molar refractivity (Wildman–Crippen MR) is 83.9 cm³/mol. The van der Waals surface area contributed by atoms with E-state index in [0.717, 1.165) is 0 Å². The van der Waals surface area contributed by atoms with Gasteiger partial charge < -0.3 is 5.32 Å². The van der Waals surface area contributed by atoms with Gasteiger partial charge in [0.2, 0.25) is 0 Å². The fourth-order valence-electron chi connectivity index (χ4n) is 2.12. The quantitative estimate of drug-likeness (QED) is 0.809. The van der Waals surface area contributed by atoms with Crippen LogP contribution in [0, 0.1) is 17.4 Å². The predicted octanol–water partition coefficient (Wildman–Crippen LogP) is 4.28. The molecule has 90 valence electrons. The van der Waals surface area contributed by atoms with Crippen molar-refractivity contribution in [2.24, 2.45) is 0 Å². The van der Waals surface area contributed by atoms with Crippen LogP contribution in [0.1, 0.15) is 26.9 Å². The van der Waals surface area contributed by atoms with E-state index in [0.29, 0.717) is 6.04 Å². The number of halogens is 1. The van der Waals surface area contributed by atoms with E-state index in [9.17, 15) is 0 Å². The van der Waals surface area contributed by atoms with Crippen LogP contribution in [0.15, 0.2) is 30.3 Å². The molecule has 1 nitrogen and oxygen atoms in total. The molecule has 0 aliphatic carbocycles. The molecular formula is C14H16INS. The van der Waals surface area contributed by atoms with Gasteiger partial charge in [-0.05, 0) is 72.8 Å². The van der Waals surface area contributed by atoms with E-state index < -0.39 is 0 Å². The fraction of sp³-hybridized carbons (Fsp3) is 0.286. The Hall–Kier alpha value is -0.390. The first-order valence-electron chi connectivity index (χ1n) is 5.61. The smallest absolute Gasteiger partial charge is 0.0585 e. The third-order valence-electron chi connectivity index (χ3n) is 2.86. The van der Waals surface area contributed by atoms with Gasteiger partial charge in [0.1, 0.15) is 0 Å². The first-order chi connectivity index (χ1) is 8.11. The number of nitrogens with one attached hydrogen (secondary N) is 1. The maximum atomic E-state index is 3.42. The van der Waals surface area contributed by atoms with Crippen molar-refractivity contribution in [2.45, 2.75) is 19.9 Å². The minimum Gasteiger partial charge on any atom is -0.309 e. The molecule has 1 aromatic heterocycles. The molecule has 0 aliphatic rings. The Morgan fingerprint density at radius 2 is 2.00 bits per heavy atom. The molecule has 3 heteroatoms. The molecule has 0 amide bonds. The first-order valence-corrected chi connectivity index (χ1v) is 7.51. The zero-order valence-corrected chi connectivity index (χ0v) is 13.2. The molecule has 1 aromatic carbocycles. The Kier molecular flexibility index (Phi) is 4.22. The highest BCUT2D eigenvalue weighted by Crippen LogP contribution is 2.30. The van der Waals surface area contributed by atoms with Crippen molar-refractivity contribution in [1.82, 2.24) is 5.32 Å². The lowest BCUT2D eigenvalue weighted by Gasteiger charge is -2.17. The maximum absolute atomic E-state index is 3.42. The summed E-state index contributed by atoms with van der Waals surface area (Å²) < 4.78 is 1.28. The summed E-state index contributed by atoms with van der Waals surface area (Å²) in [6.07, 6.45) is 0. The monoisotopic (exact) mass is 357 g/mol. The van der Waals surface area contributed by atoms with E-state index >= 15 is 0 Å². The summed E-state index contributed by atoms with van der Waals surface area (Å²) in [4.78, 5) is 2.78. The molecule has 2 rings (SSSR count). The van der Waals surface area contributed by atoms with Crippen molar-refractivity contribution in [1.29, 1.82) is 0 Å². The molecule has 0 saturated carbocycles. The summed E-state index contributed by atoms with van der Waals surface area (Å²) in [6, 6.07) is 11.3. The summed E-state index contributed by atoms with van der Waals surface area (Å²) in [6.45, 7) is 4.37. The Balaban J connectivity index is 2.43. The van der Waals surface area contributed by atoms with Gasteiger partial charge in [0.15, 0.2) is 0 Å². The molecule has 1 heterocycles. The van der Waals surface area contributed by atoms with Crippen molar-refractivity contribution >= 4 is 33.9 Å². The van der Waals surface area contributed by atoms with Crippen molar-refractivity contribution in [3.8, 4) is 0 Å². The fourth-order valence-corrected chi connectivity index (χ4v) is 3.66. The molecule has 1 N–H and O–H groups in total. The SMILES string of the molecule is CNC(c1cccc(I)c1)c1cc(C)sc1C. The van der Waals surface area contributed by atoms with Crippen LogP contribution in [0.3, 0.4) is 0 Å². The third-order valence-corrected chi connectivity index (χ3v) is 4.51. The van der Waals surface area contributed by atoms with Crippen LogP contribution in [-0.4, -0.2) is 7.05 Å². The average molecular weight is 357 g/mol. The number of thiophene rings is 1. The van der Waals surface area contributed by atoms with Crippen LogP contribution < -0.4 is 5.32 Å². The molecule has 0 radical (unpaired) electrons. The minimum absolute atomic E-state index is 0.301. The summed E-state index contributed by atoms with van der Waals surface area (Å²) in [5.41, 5.74) is 2.73. The van der Waals surface area contributed by atoms with E-state index in [1.54, 1.807) is 0 Å². The molecule has 0 fully saturated rings. The Bertz CT molecular complexity index is 519. The first kappa shape index (κ1) is 13.1. The lowest BCUT2D eigenvalue weighted by atomic mass is 9.99. The van der Waals surface area contributed by atoms with Crippen molar-refractivity contribution in [3.63, 3.8) is 0 Å². The number of rotatable bonds is 3. The van der Waals surface area contributed by atoms with Crippen LogP contribution in [0.4, 0.5) is 0 Å². The van der Waals surface area contributed by atoms with E-state index in [1.165, 1.54) is 24.5 Å². The average Bonchev–Trinajstić information content (AvgIpc) is 2.59. The van der Waals surface area contributed by atoms with E-state index in [4.69, 9.17) is 0 Å². The maximum Gasteiger partial charge on any atom is 0.0585 e. The molecule has 17 heavy (non-hydrogen) atoms. The highest BCUT2D eigenvalue weighted by molar-refractivity contribution is 14.1. The van der Waals surface area contributed by atoms with Crippen LogP contribution in [0.5, 0.6) is 0 Å². The van der Waals surface area contributed by atoms with Crippen molar-refractivity contribution in [3.05, 3.63) is 54.8 Å². The molecule has 2 aromatic rings. The van der Waals surface area contributed by atoms with Gasteiger partial charge in [0.25, 0.3) is 0 Å². The van der Waals surface area contributed by atoms with Crippen molar-refractivity contribution < 1.29 is 0 Å². The highest BCUT2D eigenvalue weighted by atomic mass is 127. The largest absolute Gasteiger partial charge is 0.309 e. The van der Waals surface area contributed by atoms with Gasteiger partial charge in [-0.3, -0.25) is 0 Å². The van der Waals surface area contributed by atoms with Gasteiger partial charge in [0, 0.05) is 13.3 Å². The number of hydrogen-bond acceptors (Lipinski definition) is 2. The van der Waals surface area contributed by atoms with Crippen LogP contribution in [-0.2, 0) is 0 Å². The zero-order valence-electron chi connectivity index (χ0n) is 10.3. The normalized spacial score (nSPS) is 12.7. The number of benzene rings is 1. The van der Waals surface area contributed by atoms with Gasteiger partial charge >= 0.3 is 0 Å². The summed E-state index contributed by atoms with van der Waals surface area (Å²) >= 11 is 4.23. The van der Waals surface area contributed by atoms with Crippen molar-refractivity contribution in [2.75, 3.05) is 7.05 Å². The molecule has 1 atom stereocenters. The number of hydrogen-bond donors (Lipinski definition) is 1. The van der Waals surface area contributed by atoms with Gasteiger partial charge in [-0.2, -0.15) is 0 Å². The van der Waals surface area contributed by atoms with E-state index in [2.05, 4.69) is 72.1 Å². The lowest BCUT2D eigenvalue weighted by Crippen LogP contribution is -2.17. The second-order valence-electron chi connectivity index (χ2n) is 4.15. The van der Waals surface area contributed by atoms with Gasteiger partial charge in [0.05, 0.1) is 6.04 Å². The van der Waals surface area contributed by atoms with Gasteiger partial charge in [-0.1, -0.05) is 12.1 Å². The Morgan fingerprint density at radius 3 is 2.53 bits per heavy atom. The summed E-state index contributed by atoms with van der Waals surface area (Å²) in [5.74, 6) is 0. The molecular weight excluding hydrogens is 341 g/mol. The standard InChI is InChI=1S/C14H16INS/c1-9-7-13(10(2)17-9)14(16-3)11-5-4-6-12(15)8-11/h4-8,14,16H,1-3H3. The minimum atomic E-state index is 0.301. The van der Waals surface area contributed by atoms with Crippen LogP contribution in [0.2, 0.25) is 0 Å². The highest BCUT2D eigenvalue weighted by Gasteiger charge is 2.16. The van der Waals surface area contributed by atoms with Gasteiger partial charge in [-0.15, -0.1) is 11.3 Å². The molecule has 0 aliphatic heterocycles.